The van der Waals surface area contributed by atoms with Crippen molar-refractivity contribution in [2.75, 3.05) is 32.9 Å². The highest BCUT2D eigenvalue weighted by Gasteiger charge is 2.18. The summed E-state index contributed by atoms with van der Waals surface area (Å²) in [5, 5.41) is 16.5. The number of ether oxygens (including phenoxy) is 3. The van der Waals surface area contributed by atoms with Gasteiger partial charge in [-0.2, -0.15) is 0 Å². The predicted octanol–water partition coefficient (Wildman–Crippen LogP) is 3.41. The van der Waals surface area contributed by atoms with Crippen LogP contribution in [0.4, 0.5) is 4.39 Å². The summed E-state index contributed by atoms with van der Waals surface area (Å²) in [5.41, 5.74) is 2.11. The van der Waals surface area contributed by atoms with Crippen molar-refractivity contribution in [3.8, 4) is 11.5 Å². The minimum absolute atomic E-state index is 0. The number of halogens is 2. The Kier molecular flexibility index (Phi) is 11.7. The second-order valence-electron chi connectivity index (χ2n) is 7.71. The number of nitrogens with one attached hydrogen (secondary N) is 2. The van der Waals surface area contributed by atoms with Crippen molar-refractivity contribution in [1.82, 2.24) is 10.6 Å². The zero-order chi connectivity index (χ0) is 22.8. The smallest absolute Gasteiger partial charge is 0.191 e. The number of hydrogen-bond donors (Lipinski definition) is 3. The third-order valence-electron chi connectivity index (χ3n) is 4.92. The molecular weight excluding hydrogens is 540 g/mol. The Morgan fingerprint density at radius 1 is 1.24 bits per heavy atom. The Labute approximate surface area is 211 Å². The van der Waals surface area contributed by atoms with Gasteiger partial charge in [-0.15, -0.1) is 24.0 Å². The first-order valence-corrected chi connectivity index (χ1v) is 11.0. The third kappa shape index (κ3) is 9.34. The summed E-state index contributed by atoms with van der Waals surface area (Å²) < 4.78 is 30.0. The highest BCUT2D eigenvalue weighted by molar-refractivity contribution is 14.0. The molecule has 0 aromatic heterocycles. The van der Waals surface area contributed by atoms with Crippen molar-refractivity contribution >= 4 is 29.9 Å². The maximum absolute atomic E-state index is 13.0. The fourth-order valence-corrected chi connectivity index (χ4v) is 3.19. The van der Waals surface area contributed by atoms with E-state index in [-0.39, 0.29) is 49.0 Å². The van der Waals surface area contributed by atoms with Gasteiger partial charge in [-0.05, 0) is 49.7 Å². The molecular formula is C24H33FIN3O4. The maximum atomic E-state index is 13.0. The molecule has 1 saturated heterocycles. The van der Waals surface area contributed by atoms with Crippen LogP contribution >= 0.6 is 24.0 Å². The molecule has 0 amide bonds. The molecule has 7 nitrogen and oxygen atoms in total. The summed E-state index contributed by atoms with van der Waals surface area (Å²) in [6.07, 6.45) is 0.199. The van der Waals surface area contributed by atoms with Gasteiger partial charge in [-0.1, -0.05) is 12.1 Å². The molecule has 0 spiro atoms. The van der Waals surface area contributed by atoms with Crippen LogP contribution in [0.3, 0.4) is 0 Å². The average molecular weight is 573 g/mol. The molecule has 2 atom stereocenters. The predicted molar refractivity (Wildman–Crippen MR) is 137 cm³/mol. The molecule has 3 rings (SSSR count). The van der Waals surface area contributed by atoms with E-state index in [1.807, 2.05) is 32.0 Å². The summed E-state index contributed by atoms with van der Waals surface area (Å²) in [6, 6.07) is 11.8. The van der Waals surface area contributed by atoms with E-state index in [0.717, 1.165) is 29.9 Å². The quantitative estimate of drug-likeness (QED) is 0.230. The molecule has 0 bridgehead atoms. The number of rotatable bonds is 10. The number of aliphatic hydroxyl groups excluding tert-OH is 1. The first-order chi connectivity index (χ1) is 15.5. The summed E-state index contributed by atoms with van der Waals surface area (Å²) >= 11 is 0. The van der Waals surface area contributed by atoms with E-state index in [1.165, 1.54) is 24.3 Å². The van der Waals surface area contributed by atoms with Crippen LogP contribution in [0.2, 0.25) is 0 Å². The topological polar surface area (TPSA) is 84.3 Å². The SMILES string of the molecule is CCNC(=NCc1ccc(C)cc1OC1CCOC1)NCC(O)COc1ccc(F)cc1.I. The standard InChI is InChI=1S/C24H32FN3O4.HI/c1-3-26-24(28-14-20(29)15-31-21-8-6-19(25)7-9-21)27-13-18-5-4-17(2)12-23(18)32-22-10-11-30-16-22;/h4-9,12,20,22,29H,3,10-11,13-16H2,1-2H3,(H2,26,27,28);1H. The molecule has 2 aromatic carbocycles. The lowest BCUT2D eigenvalue weighted by Gasteiger charge is -2.17. The van der Waals surface area contributed by atoms with Crippen molar-refractivity contribution in [2.45, 2.75) is 39.0 Å². The molecule has 1 fully saturated rings. The van der Waals surface area contributed by atoms with Crippen LogP contribution in [0.25, 0.3) is 0 Å². The van der Waals surface area contributed by atoms with Gasteiger partial charge in [0.25, 0.3) is 0 Å². The van der Waals surface area contributed by atoms with Crippen molar-refractivity contribution in [3.05, 3.63) is 59.4 Å². The van der Waals surface area contributed by atoms with Crippen molar-refractivity contribution < 1.29 is 23.7 Å². The van der Waals surface area contributed by atoms with Crippen LogP contribution in [0.15, 0.2) is 47.5 Å². The van der Waals surface area contributed by atoms with Crippen molar-refractivity contribution in [1.29, 1.82) is 0 Å². The molecule has 1 heterocycles. The Balaban J connectivity index is 0.00000385. The van der Waals surface area contributed by atoms with Crippen LogP contribution in [-0.2, 0) is 11.3 Å². The van der Waals surface area contributed by atoms with Gasteiger partial charge in [0.1, 0.15) is 36.1 Å². The molecule has 182 valence electrons. The number of aryl methyl sites for hydroxylation is 1. The van der Waals surface area contributed by atoms with Gasteiger partial charge in [0, 0.05) is 25.1 Å². The second-order valence-corrected chi connectivity index (χ2v) is 7.71. The molecule has 1 aliphatic rings. The Morgan fingerprint density at radius 2 is 2.03 bits per heavy atom. The van der Waals surface area contributed by atoms with Gasteiger partial charge in [-0.25, -0.2) is 9.38 Å². The lowest BCUT2D eigenvalue weighted by molar-refractivity contribution is 0.110. The Hall–Kier alpha value is -2.11. The number of benzene rings is 2. The molecule has 33 heavy (non-hydrogen) atoms. The van der Waals surface area contributed by atoms with E-state index in [0.29, 0.717) is 31.4 Å². The van der Waals surface area contributed by atoms with E-state index in [1.54, 1.807) is 0 Å². The largest absolute Gasteiger partial charge is 0.491 e. The van der Waals surface area contributed by atoms with Gasteiger partial charge in [-0.3, -0.25) is 0 Å². The molecule has 1 aliphatic heterocycles. The Bertz CT molecular complexity index is 877. The average Bonchev–Trinajstić information content (AvgIpc) is 3.29. The Morgan fingerprint density at radius 3 is 2.73 bits per heavy atom. The normalized spacial score (nSPS) is 16.6. The van der Waals surface area contributed by atoms with E-state index < -0.39 is 6.10 Å². The first-order valence-electron chi connectivity index (χ1n) is 11.0. The molecule has 2 unspecified atom stereocenters. The lowest BCUT2D eigenvalue weighted by Crippen LogP contribution is -2.42. The first kappa shape index (κ1) is 27.1. The summed E-state index contributed by atoms with van der Waals surface area (Å²) in [4.78, 5) is 4.64. The molecule has 0 radical (unpaired) electrons. The van der Waals surface area contributed by atoms with Crippen LogP contribution in [0, 0.1) is 12.7 Å². The zero-order valence-electron chi connectivity index (χ0n) is 19.1. The number of guanidine groups is 1. The molecule has 9 heteroatoms. The van der Waals surface area contributed by atoms with Crippen molar-refractivity contribution in [2.24, 2.45) is 4.99 Å². The van der Waals surface area contributed by atoms with Gasteiger partial charge >= 0.3 is 0 Å². The van der Waals surface area contributed by atoms with E-state index in [4.69, 9.17) is 14.2 Å². The van der Waals surface area contributed by atoms with Gasteiger partial charge < -0.3 is 30.0 Å². The molecule has 0 saturated carbocycles. The minimum Gasteiger partial charge on any atom is -0.491 e. The molecule has 3 N–H and O–H groups in total. The summed E-state index contributed by atoms with van der Waals surface area (Å²) in [6.45, 7) is 6.80. The van der Waals surface area contributed by atoms with Crippen molar-refractivity contribution in [3.63, 3.8) is 0 Å². The molecule has 2 aromatic rings. The number of aliphatic imine (C=N–C) groups is 1. The lowest BCUT2D eigenvalue weighted by atomic mass is 10.1. The monoisotopic (exact) mass is 573 g/mol. The highest BCUT2D eigenvalue weighted by Crippen LogP contribution is 2.24. The third-order valence-corrected chi connectivity index (χ3v) is 4.92. The zero-order valence-corrected chi connectivity index (χ0v) is 21.4. The van der Waals surface area contributed by atoms with E-state index >= 15 is 0 Å². The summed E-state index contributed by atoms with van der Waals surface area (Å²) in [5.74, 6) is 1.59. The van der Waals surface area contributed by atoms with Crippen LogP contribution in [0.5, 0.6) is 11.5 Å². The second kappa shape index (κ2) is 14.2. The summed E-state index contributed by atoms with van der Waals surface area (Å²) in [7, 11) is 0. The van der Waals surface area contributed by atoms with E-state index in [2.05, 4.69) is 15.6 Å². The fraction of sp³-hybridized carbons (Fsp3) is 0.458. The van der Waals surface area contributed by atoms with Gasteiger partial charge in [0.05, 0.1) is 19.8 Å². The highest BCUT2D eigenvalue weighted by atomic mass is 127. The minimum atomic E-state index is -0.760. The maximum Gasteiger partial charge on any atom is 0.191 e. The van der Waals surface area contributed by atoms with Crippen LogP contribution in [-0.4, -0.2) is 56.2 Å². The van der Waals surface area contributed by atoms with Crippen LogP contribution in [0.1, 0.15) is 24.5 Å². The number of aliphatic hydroxyl groups is 1. The fourth-order valence-electron chi connectivity index (χ4n) is 3.19. The molecule has 0 aliphatic carbocycles. The van der Waals surface area contributed by atoms with Gasteiger partial charge in [0.2, 0.25) is 0 Å². The number of nitrogens with zero attached hydrogens (tertiary/aromatic N) is 1. The number of hydrogen-bond acceptors (Lipinski definition) is 5. The van der Waals surface area contributed by atoms with Gasteiger partial charge in [0.15, 0.2) is 5.96 Å². The van der Waals surface area contributed by atoms with Crippen LogP contribution < -0.4 is 20.1 Å². The van der Waals surface area contributed by atoms with E-state index in [9.17, 15) is 9.50 Å².